The maximum Gasteiger partial charge on any atom is 0.233 e. The highest BCUT2D eigenvalue weighted by Gasteiger charge is 2.17. The van der Waals surface area contributed by atoms with E-state index >= 15 is 0 Å². The van der Waals surface area contributed by atoms with E-state index in [0.29, 0.717) is 17.5 Å². The summed E-state index contributed by atoms with van der Waals surface area (Å²) in [6.45, 7) is 5.84. The molecule has 8 heteroatoms. The smallest absolute Gasteiger partial charge is 0.233 e. The molecule has 4 aromatic rings. The summed E-state index contributed by atoms with van der Waals surface area (Å²) in [5, 5.41) is 11.9. The Hall–Kier alpha value is -3.52. The quantitative estimate of drug-likeness (QED) is 0.477. The maximum absolute atomic E-state index is 6.05. The van der Waals surface area contributed by atoms with Gasteiger partial charge in [0.15, 0.2) is 0 Å². The van der Waals surface area contributed by atoms with Crippen LogP contribution in [0.3, 0.4) is 0 Å². The van der Waals surface area contributed by atoms with E-state index in [2.05, 4.69) is 42.6 Å². The monoisotopic (exact) mass is 430 g/mol. The first-order chi connectivity index (χ1) is 15.7. The Labute approximate surface area is 186 Å². The van der Waals surface area contributed by atoms with Gasteiger partial charge in [0, 0.05) is 24.2 Å². The van der Waals surface area contributed by atoms with Gasteiger partial charge in [-0.15, -0.1) is 0 Å². The van der Waals surface area contributed by atoms with E-state index in [4.69, 9.17) is 9.47 Å². The van der Waals surface area contributed by atoms with Gasteiger partial charge in [0.25, 0.3) is 0 Å². The topological polar surface area (TPSA) is 97.8 Å². The Bertz CT molecular complexity index is 1220. The fourth-order valence-electron chi connectivity index (χ4n) is 3.89. The van der Waals surface area contributed by atoms with Gasteiger partial charge in [-0.25, -0.2) is 9.97 Å². The lowest BCUT2D eigenvalue weighted by molar-refractivity contribution is 0.160. The van der Waals surface area contributed by atoms with Gasteiger partial charge < -0.3 is 14.8 Å². The van der Waals surface area contributed by atoms with Crippen LogP contribution in [-0.2, 0) is 0 Å². The van der Waals surface area contributed by atoms with Gasteiger partial charge in [-0.3, -0.25) is 10.1 Å². The molecule has 4 heterocycles. The van der Waals surface area contributed by atoms with E-state index in [-0.39, 0.29) is 12.2 Å². The van der Waals surface area contributed by atoms with Gasteiger partial charge in [0.05, 0.1) is 24.0 Å². The van der Waals surface area contributed by atoms with Crippen molar-refractivity contribution in [2.45, 2.75) is 38.9 Å². The van der Waals surface area contributed by atoms with Crippen molar-refractivity contribution in [3.8, 4) is 34.3 Å². The van der Waals surface area contributed by atoms with E-state index in [9.17, 15) is 0 Å². The van der Waals surface area contributed by atoms with Crippen LogP contribution < -0.4 is 14.8 Å². The van der Waals surface area contributed by atoms with Crippen LogP contribution >= 0.6 is 0 Å². The van der Waals surface area contributed by atoms with Gasteiger partial charge in [0.1, 0.15) is 17.5 Å². The van der Waals surface area contributed by atoms with Crippen LogP contribution in [0.5, 0.6) is 11.8 Å². The minimum Gasteiger partial charge on any atom is -0.475 e. The molecule has 0 aliphatic carbocycles. The predicted molar refractivity (Wildman–Crippen MR) is 123 cm³/mol. The summed E-state index contributed by atoms with van der Waals surface area (Å²) in [5.74, 6) is 1.13. The molecule has 1 fully saturated rings. The molecule has 1 aromatic carbocycles. The summed E-state index contributed by atoms with van der Waals surface area (Å²) in [7, 11) is 0. The molecule has 0 bridgehead atoms. The minimum absolute atomic E-state index is 0.0677. The van der Waals surface area contributed by atoms with Crippen molar-refractivity contribution < 1.29 is 9.47 Å². The Morgan fingerprint density at radius 1 is 1.06 bits per heavy atom. The highest BCUT2D eigenvalue weighted by molar-refractivity contribution is 5.94. The maximum atomic E-state index is 6.05. The summed E-state index contributed by atoms with van der Waals surface area (Å²) >= 11 is 0. The van der Waals surface area contributed by atoms with Crippen LogP contribution in [-0.4, -0.2) is 50.4 Å². The molecule has 2 N–H and O–H groups in total. The van der Waals surface area contributed by atoms with Crippen molar-refractivity contribution in [1.29, 1.82) is 0 Å². The summed E-state index contributed by atoms with van der Waals surface area (Å²) in [6.07, 6.45) is 7.44. The van der Waals surface area contributed by atoms with Crippen molar-refractivity contribution in [3.63, 3.8) is 0 Å². The Morgan fingerprint density at radius 3 is 2.81 bits per heavy atom. The molecule has 164 valence electrons. The average Bonchev–Trinajstić information content (AvgIpc) is 3.23. The molecular formula is C24H26N6O2. The molecule has 0 radical (unpaired) electrons. The van der Waals surface area contributed by atoms with Crippen LogP contribution in [0.25, 0.3) is 33.4 Å². The number of rotatable bonds is 6. The zero-order valence-electron chi connectivity index (χ0n) is 18.2. The van der Waals surface area contributed by atoms with E-state index < -0.39 is 0 Å². The molecule has 0 saturated carbocycles. The molecule has 0 spiro atoms. The number of hydrogen-bond acceptors (Lipinski definition) is 7. The first-order valence-electron chi connectivity index (χ1n) is 11.0. The number of piperidine rings is 1. The highest BCUT2D eigenvalue weighted by Crippen LogP contribution is 2.31. The van der Waals surface area contributed by atoms with Crippen LogP contribution in [0.2, 0.25) is 0 Å². The lowest BCUT2D eigenvalue weighted by Crippen LogP contribution is -2.37. The zero-order valence-corrected chi connectivity index (χ0v) is 18.2. The number of ether oxygens (including phenoxy) is 2. The lowest BCUT2D eigenvalue weighted by Gasteiger charge is -2.23. The SMILES string of the molecule is CC(C)Oc1cc(-c2ccc3[nH]nc(-c4cncc(OC5CCCNC5)n4)c3c2)ccn1. The summed E-state index contributed by atoms with van der Waals surface area (Å²) in [5.41, 5.74) is 4.42. The number of aromatic nitrogens is 5. The van der Waals surface area contributed by atoms with Gasteiger partial charge in [0.2, 0.25) is 11.8 Å². The summed E-state index contributed by atoms with van der Waals surface area (Å²) in [6, 6.07) is 10.1. The molecule has 0 amide bonds. The average molecular weight is 431 g/mol. The molecule has 32 heavy (non-hydrogen) atoms. The standard InChI is InChI=1S/C24H26N6O2/c1-15(2)31-22-11-17(7-9-27-22)16-5-6-20-19(10-16)24(30-29-20)21-13-26-14-23(28-21)32-18-4-3-8-25-12-18/h5-7,9-11,13-15,18,25H,3-4,8,12H2,1-2H3,(H,29,30). The third-order valence-electron chi connectivity index (χ3n) is 5.38. The first kappa shape index (κ1) is 20.4. The lowest BCUT2D eigenvalue weighted by atomic mass is 10.0. The van der Waals surface area contributed by atoms with Crippen molar-refractivity contribution in [1.82, 2.24) is 30.5 Å². The van der Waals surface area contributed by atoms with Gasteiger partial charge >= 0.3 is 0 Å². The van der Waals surface area contributed by atoms with Crippen LogP contribution in [0.1, 0.15) is 26.7 Å². The van der Waals surface area contributed by atoms with Gasteiger partial charge in [-0.1, -0.05) is 6.07 Å². The van der Waals surface area contributed by atoms with Gasteiger partial charge in [-0.05, 0) is 62.6 Å². The molecule has 1 aliphatic heterocycles. The molecule has 1 aliphatic rings. The van der Waals surface area contributed by atoms with E-state index in [0.717, 1.165) is 53.7 Å². The van der Waals surface area contributed by atoms with E-state index in [1.54, 1.807) is 18.6 Å². The molecule has 1 saturated heterocycles. The van der Waals surface area contributed by atoms with Crippen LogP contribution in [0, 0.1) is 0 Å². The molecule has 8 nitrogen and oxygen atoms in total. The third kappa shape index (κ3) is 4.40. The fourth-order valence-corrected chi connectivity index (χ4v) is 3.89. The largest absolute Gasteiger partial charge is 0.475 e. The third-order valence-corrected chi connectivity index (χ3v) is 5.38. The van der Waals surface area contributed by atoms with Crippen molar-refractivity contribution in [2.75, 3.05) is 13.1 Å². The van der Waals surface area contributed by atoms with E-state index in [1.807, 2.05) is 32.0 Å². The molecule has 1 atom stereocenters. The Kier molecular flexibility index (Phi) is 5.68. The Morgan fingerprint density at radius 2 is 1.97 bits per heavy atom. The number of benzene rings is 1. The van der Waals surface area contributed by atoms with Crippen LogP contribution in [0.4, 0.5) is 0 Å². The summed E-state index contributed by atoms with van der Waals surface area (Å²) in [4.78, 5) is 13.3. The van der Waals surface area contributed by atoms with Crippen molar-refractivity contribution in [3.05, 3.63) is 48.9 Å². The number of fused-ring (bicyclic) bond motifs is 1. The number of nitrogens with one attached hydrogen (secondary N) is 2. The minimum atomic E-state index is 0.0677. The van der Waals surface area contributed by atoms with Crippen molar-refractivity contribution >= 4 is 10.9 Å². The highest BCUT2D eigenvalue weighted by atomic mass is 16.5. The second kappa shape index (κ2) is 8.92. The number of hydrogen-bond donors (Lipinski definition) is 2. The zero-order chi connectivity index (χ0) is 21.9. The number of nitrogens with zero attached hydrogens (tertiary/aromatic N) is 4. The molecular weight excluding hydrogens is 404 g/mol. The number of pyridine rings is 1. The predicted octanol–water partition coefficient (Wildman–Crippen LogP) is 4.00. The molecule has 5 rings (SSSR count). The Balaban J connectivity index is 1.46. The second-order valence-corrected chi connectivity index (χ2v) is 8.21. The number of aromatic amines is 1. The summed E-state index contributed by atoms with van der Waals surface area (Å²) < 4.78 is 11.8. The molecule has 3 aromatic heterocycles. The van der Waals surface area contributed by atoms with E-state index in [1.165, 1.54) is 0 Å². The van der Waals surface area contributed by atoms with Crippen molar-refractivity contribution in [2.24, 2.45) is 0 Å². The fraction of sp³-hybridized carbons (Fsp3) is 0.333. The van der Waals surface area contributed by atoms with Gasteiger partial charge in [-0.2, -0.15) is 5.10 Å². The van der Waals surface area contributed by atoms with Crippen LogP contribution in [0.15, 0.2) is 48.9 Å². The first-order valence-corrected chi connectivity index (χ1v) is 11.0. The normalized spacial score (nSPS) is 16.4. The molecule has 1 unspecified atom stereocenters. The number of H-pyrrole nitrogens is 1. The second-order valence-electron chi connectivity index (χ2n) is 8.21.